The molecule has 0 aliphatic heterocycles. The zero-order valence-corrected chi connectivity index (χ0v) is 16.1. The lowest BCUT2D eigenvalue weighted by Gasteiger charge is -2.13. The highest BCUT2D eigenvalue weighted by Gasteiger charge is 2.06. The van der Waals surface area contributed by atoms with Crippen LogP contribution in [-0.2, 0) is 13.2 Å². The number of aromatic nitrogens is 1. The molecule has 5 heteroatoms. The minimum atomic E-state index is 0.519. The Balaban J connectivity index is 1.40. The zero-order chi connectivity index (χ0) is 19.4. The van der Waals surface area contributed by atoms with Crippen molar-refractivity contribution in [1.82, 2.24) is 10.3 Å². The first-order valence-electron chi connectivity index (χ1n) is 9.43. The van der Waals surface area contributed by atoms with Crippen molar-refractivity contribution in [3.63, 3.8) is 0 Å². The average molecular weight is 378 g/mol. The predicted octanol–water partition coefficient (Wildman–Crippen LogP) is 4.23. The third kappa shape index (κ3) is 6.28. The topological polar surface area (TPSA) is 52.6 Å². The summed E-state index contributed by atoms with van der Waals surface area (Å²) in [5.41, 5.74) is 2.28. The van der Waals surface area contributed by atoms with E-state index in [1.54, 1.807) is 13.3 Å². The Bertz CT molecular complexity index is 826. The molecular weight excluding hydrogens is 352 g/mol. The average Bonchev–Trinajstić information content (AvgIpc) is 2.76. The van der Waals surface area contributed by atoms with Gasteiger partial charge < -0.3 is 19.5 Å². The van der Waals surface area contributed by atoms with E-state index in [2.05, 4.69) is 16.4 Å². The molecule has 3 aromatic rings. The first-order chi connectivity index (χ1) is 13.8. The van der Waals surface area contributed by atoms with Crippen LogP contribution in [-0.4, -0.2) is 25.2 Å². The molecule has 1 heterocycles. The molecule has 2 aromatic carbocycles. The van der Waals surface area contributed by atoms with Crippen molar-refractivity contribution >= 4 is 0 Å². The van der Waals surface area contributed by atoms with Gasteiger partial charge >= 0.3 is 0 Å². The standard InChI is InChI=1S/C23H26N2O3/c1-26-22-16-20(11-12-21(22)28-18-19-8-3-2-4-9-19)17-24-13-7-15-27-23-10-5-6-14-25-23/h2-6,8-12,14,16,24H,7,13,15,17-18H2,1H3. The van der Waals surface area contributed by atoms with Crippen LogP contribution in [0.3, 0.4) is 0 Å². The van der Waals surface area contributed by atoms with E-state index in [4.69, 9.17) is 14.2 Å². The van der Waals surface area contributed by atoms with Gasteiger partial charge in [-0.2, -0.15) is 0 Å². The zero-order valence-electron chi connectivity index (χ0n) is 16.1. The van der Waals surface area contributed by atoms with Gasteiger partial charge in [0.1, 0.15) is 6.61 Å². The molecule has 1 aromatic heterocycles. The van der Waals surface area contributed by atoms with Gasteiger partial charge in [-0.05, 0) is 42.3 Å². The molecule has 146 valence electrons. The number of rotatable bonds is 11. The summed E-state index contributed by atoms with van der Waals surface area (Å²) >= 11 is 0. The number of nitrogens with one attached hydrogen (secondary N) is 1. The summed E-state index contributed by atoms with van der Waals surface area (Å²) in [5, 5.41) is 3.42. The van der Waals surface area contributed by atoms with E-state index >= 15 is 0 Å². The number of nitrogens with zero attached hydrogens (tertiary/aromatic N) is 1. The van der Waals surface area contributed by atoms with Gasteiger partial charge in [-0.3, -0.25) is 0 Å². The summed E-state index contributed by atoms with van der Waals surface area (Å²) in [7, 11) is 1.66. The molecule has 0 fully saturated rings. The van der Waals surface area contributed by atoms with Gasteiger partial charge in [0.25, 0.3) is 0 Å². The van der Waals surface area contributed by atoms with E-state index in [0.29, 0.717) is 19.1 Å². The van der Waals surface area contributed by atoms with Crippen LogP contribution in [0.1, 0.15) is 17.5 Å². The number of benzene rings is 2. The molecule has 0 amide bonds. The van der Waals surface area contributed by atoms with Crippen LogP contribution in [0.4, 0.5) is 0 Å². The first kappa shape index (κ1) is 19.7. The van der Waals surface area contributed by atoms with Gasteiger partial charge in [0.05, 0.1) is 13.7 Å². The fourth-order valence-corrected chi connectivity index (χ4v) is 2.72. The summed E-state index contributed by atoms with van der Waals surface area (Å²) in [6.07, 6.45) is 2.64. The Kier molecular flexibility index (Phi) is 7.70. The van der Waals surface area contributed by atoms with E-state index in [1.807, 2.05) is 60.7 Å². The molecule has 28 heavy (non-hydrogen) atoms. The quantitative estimate of drug-likeness (QED) is 0.506. The van der Waals surface area contributed by atoms with Crippen molar-refractivity contribution in [2.45, 2.75) is 19.6 Å². The van der Waals surface area contributed by atoms with Crippen molar-refractivity contribution in [3.8, 4) is 17.4 Å². The minimum Gasteiger partial charge on any atom is -0.493 e. The van der Waals surface area contributed by atoms with Gasteiger partial charge in [-0.25, -0.2) is 4.98 Å². The highest BCUT2D eigenvalue weighted by molar-refractivity contribution is 5.43. The lowest BCUT2D eigenvalue weighted by Crippen LogP contribution is -2.17. The van der Waals surface area contributed by atoms with E-state index < -0.39 is 0 Å². The third-order valence-electron chi connectivity index (χ3n) is 4.18. The Labute approximate surface area is 166 Å². The molecular formula is C23H26N2O3. The number of ether oxygens (including phenoxy) is 3. The molecule has 1 N–H and O–H groups in total. The predicted molar refractivity (Wildman–Crippen MR) is 110 cm³/mol. The first-order valence-corrected chi connectivity index (χ1v) is 9.43. The Morgan fingerprint density at radius 3 is 2.50 bits per heavy atom. The van der Waals surface area contributed by atoms with Crippen LogP contribution in [0.5, 0.6) is 17.4 Å². The van der Waals surface area contributed by atoms with Crippen molar-refractivity contribution < 1.29 is 14.2 Å². The fraction of sp³-hybridized carbons (Fsp3) is 0.261. The highest BCUT2D eigenvalue weighted by Crippen LogP contribution is 2.28. The van der Waals surface area contributed by atoms with Gasteiger partial charge in [0.15, 0.2) is 11.5 Å². The molecule has 3 rings (SSSR count). The van der Waals surface area contributed by atoms with Crippen LogP contribution >= 0.6 is 0 Å². The second-order valence-electron chi connectivity index (χ2n) is 6.31. The normalized spacial score (nSPS) is 10.5. The third-order valence-corrected chi connectivity index (χ3v) is 4.18. The summed E-state index contributed by atoms with van der Waals surface area (Å²) in [6, 6.07) is 21.8. The molecule has 0 aliphatic carbocycles. The van der Waals surface area contributed by atoms with Gasteiger partial charge in [-0.1, -0.05) is 42.5 Å². The van der Waals surface area contributed by atoms with Gasteiger partial charge in [-0.15, -0.1) is 0 Å². The molecule has 0 radical (unpaired) electrons. The maximum atomic E-state index is 5.90. The maximum Gasteiger partial charge on any atom is 0.213 e. The Morgan fingerprint density at radius 1 is 0.857 bits per heavy atom. The summed E-state index contributed by atoms with van der Waals surface area (Å²) in [5.74, 6) is 2.16. The largest absolute Gasteiger partial charge is 0.493 e. The van der Waals surface area contributed by atoms with Crippen LogP contribution in [0.2, 0.25) is 0 Å². The second-order valence-corrected chi connectivity index (χ2v) is 6.31. The van der Waals surface area contributed by atoms with Crippen molar-refractivity contribution in [1.29, 1.82) is 0 Å². The highest BCUT2D eigenvalue weighted by atomic mass is 16.5. The van der Waals surface area contributed by atoms with Crippen molar-refractivity contribution in [2.75, 3.05) is 20.3 Å². The van der Waals surface area contributed by atoms with Gasteiger partial charge in [0, 0.05) is 18.8 Å². The molecule has 0 spiro atoms. The van der Waals surface area contributed by atoms with Crippen molar-refractivity contribution in [2.24, 2.45) is 0 Å². The van der Waals surface area contributed by atoms with E-state index in [9.17, 15) is 0 Å². The molecule has 0 aliphatic rings. The lowest BCUT2D eigenvalue weighted by atomic mass is 10.2. The number of hydrogen-bond donors (Lipinski definition) is 1. The molecule has 0 atom stereocenters. The molecule has 5 nitrogen and oxygen atoms in total. The number of hydrogen-bond acceptors (Lipinski definition) is 5. The van der Waals surface area contributed by atoms with E-state index in [0.717, 1.165) is 42.1 Å². The lowest BCUT2D eigenvalue weighted by molar-refractivity contribution is 0.284. The summed E-state index contributed by atoms with van der Waals surface area (Å²) in [4.78, 5) is 4.14. The van der Waals surface area contributed by atoms with E-state index in [-0.39, 0.29) is 0 Å². The molecule has 0 saturated carbocycles. The van der Waals surface area contributed by atoms with Crippen LogP contribution in [0.15, 0.2) is 72.9 Å². The SMILES string of the molecule is COc1cc(CNCCCOc2ccccn2)ccc1OCc1ccccc1. The van der Waals surface area contributed by atoms with Gasteiger partial charge in [0.2, 0.25) is 5.88 Å². The number of methoxy groups -OCH3 is 1. The second kappa shape index (κ2) is 10.9. The maximum absolute atomic E-state index is 5.90. The van der Waals surface area contributed by atoms with Crippen molar-refractivity contribution in [3.05, 3.63) is 84.1 Å². The number of pyridine rings is 1. The Morgan fingerprint density at radius 2 is 1.71 bits per heavy atom. The molecule has 0 bridgehead atoms. The summed E-state index contributed by atoms with van der Waals surface area (Å²) in [6.45, 7) is 2.78. The smallest absolute Gasteiger partial charge is 0.213 e. The summed E-state index contributed by atoms with van der Waals surface area (Å²) < 4.78 is 17.0. The van der Waals surface area contributed by atoms with E-state index in [1.165, 1.54) is 0 Å². The van der Waals surface area contributed by atoms with Crippen LogP contribution in [0, 0.1) is 0 Å². The van der Waals surface area contributed by atoms with Crippen LogP contribution < -0.4 is 19.5 Å². The van der Waals surface area contributed by atoms with Crippen LogP contribution in [0.25, 0.3) is 0 Å². The molecule has 0 unspecified atom stereocenters. The fourth-order valence-electron chi connectivity index (χ4n) is 2.72. The molecule has 0 saturated heterocycles. The minimum absolute atomic E-state index is 0.519. The Hall–Kier alpha value is -3.05. The monoisotopic (exact) mass is 378 g/mol.